The maximum atomic E-state index is 10.9. The van der Waals surface area contributed by atoms with E-state index in [1.54, 1.807) is 6.92 Å². The Morgan fingerprint density at radius 1 is 1.82 bits per heavy atom. The average Bonchev–Trinajstić information content (AvgIpc) is 1.95. The Bertz CT molecular complexity index is 294. The number of aromatic nitrogens is 2. The van der Waals surface area contributed by atoms with Gasteiger partial charge in [-0.15, -0.1) is 0 Å². The fourth-order valence-corrected chi connectivity index (χ4v) is 0.655. The lowest BCUT2D eigenvalue weighted by Gasteiger charge is -1.99. The van der Waals surface area contributed by atoms with Crippen molar-refractivity contribution in [3.05, 3.63) is 16.6 Å². The highest BCUT2D eigenvalue weighted by Crippen LogP contribution is 1.98. The summed E-state index contributed by atoms with van der Waals surface area (Å²) in [5, 5.41) is 0. The fraction of sp³-hybridized carbons (Fsp3) is 0.333. The van der Waals surface area contributed by atoms with Crippen LogP contribution in [0.15, 0.2) is 11.0 Å². The van der Waals surface area contributed by atoms with E-state index in [0.717, 1.165) is 0 Å². The summed E-state index contributed by atoms with van der Waals surface area (Å²) in [4.78, 5) is 16.9. The number of aromatic amines is 1. The van der Waals surface area contributed by atoms with Gasteiger partial charge in [0.2, 0.25) is 5.75 Å². The van der Waals surface area contributed by atoms with Gasteiger partial charge in [0.05, 0.1) is 12.8 Å². The second kappa shape index (κ2) is 3.05. The minimum atomic E-state index is -0.348. The van der Waals surface area contributed by atoms with E-state index in [4.69, 9.17) is 10.5 Å². The highest BCUT2D eigenvalue weighted by Gasteiger charge is 1.98. The second-order valence-electron chi connectivity index (χ2n) is 1.89. The SMILES string of the molecule is CCOc1cnc(N)[nH]c1=O. The zero-order valence-corrected chi connectivity index (χ0v) is 6.13. The molecule has 0 radical (unpaired) electrons. The summed E-state index contributed by atoms with van der Waals surface area (Å²) >= 11 is 0. The molecule has 5 nitrogen and oxygen atoms in total. The molecule has 0 aliphatic heterocycles. The van der Waals surface area contributed by atoms with Crippen LogP contribution in [0.25, 0.3) is 0 Å². The summed E-state index contributed by atoms with van der Waals surface area (Å²) in [6.45, 7) is 2.23. The van der Waals surface area contributed by atoms with E-state index in [-0.39, 0.29) is 17.3 Å². The standard InChI is InChI=1S/C6H9N3O2/c1-2-11-4-3-8-6(7)9-5(4)10/h3H,2H2,1H3,(H3,7,8,9,10). The molecule has 0 saturated carbocycles. The minimum absolute atomic E-state index is 0.0958. The van der Waals surface area contributed by atoms with Crippen LogP contribution >= 0.6 is 0 Å². The Morgan fingerprint density at radius 3 is 3.09 bits per heavy atom. The molecule has 11 heavy (non-hydrogen) atoms. The van der Waals surface area contributed by atoms with Gasteiger partial charge in [-0.1, -0.05) is 0 Å². The first kappa shape index (κ1) is 7.59. The Kier molecular flexibility index (Phi) is 2.10. The number of ether oxygens (including phenoxy) is 1. The first-order valence-electron chi connectivity index (χ1n) is 3.21. The molecule has 1 heterocycles. The predicted octanol–water partition coefficient (Wildman–Crippen LogP) is -0.249. The third kappa shape index (κ3) is 1.70. The average molecular weight is 155 g/mol. The molecule has 0 unspecified atom stereocenters. The Hall–Kier alpha value is -1.52. The van der Waals surface area contributed by atoms with E-state index in [0.29, 0.717) is 6.61 Å². The summed E-state index contributed by atoms with van der Waals surface area (Å²) in [5.74, 6) is 0.292. The van der Waals surface area contributed by atoms with Crippen molar-refractivity contribution in [1.29, 1.82) is 0 Å². The molecule has 1 rings (SSSR count). The first-order valence-corrected chi connectivity index (χ1v) is 3.21. The molecule has 0 saturated heterocycles. The van der Waals surface area contributed by atoms with Gasteiger partial charge < -0.3 is 10.5 Å². The monoisotopic (exact) mass is 155 g/mol. The predicted molar refractivity (Wildman–Crippen MR) is 40.4 cm³/mol. The van der Waals surface area contributed by atoms with Crippen LogP contribution in [0, 0.1) is 0 Å². The number of hydrogen-bond donors (Lipinski definition) is 2. The number of anilines is 1. The van der Waals surface area contributed by atoms with Crippen LogP contribution in [0.1, 0.15) is 6.92 Å². The molecule has 0 bridgehead atoms. The van der Waals surface area contributed by atoms with Crippen LogP contribution in [0.4, 0.5) is 5.95 Å². The van der Waals surface area contributed by atoms with E-state index < -0.39 is 0 Å². The molecule has 0 aliphatic carbocycles. The largest absolute Gasteiger partial charge is 0.487 e. The van der Waals surface area contributed by atoms with Gasteiger partial charge in [0.25, 0.3) is 5.56 Å². The lowest BCUT2D eigenvalue weighted by molar-refractivity contribution is 0.334. The van der Waals surface area contributed by atoms with E-state index in [1.165, 1.54) is 6.20 Å². The molecule has 5 heteroatoms. The summed E-state index contributed by atoms with van der Waals surface area (Å²) in [6, 6.07) is 0. The van der Waals surface area contributed by atoms with Crippen LogP contribution in [-0.4, -0.2) is 16.6 Å². The number of nitrogens with two attached hydrogens (primary N) is 1. The summed E-state index contributed by atoms with van der Waals surface area (Å²) in [6.07, 6.45) is 1.30. The minimum Gasteiger partial charge on any atom is -0.487 e. The Morgan fingerprint density at radius 2 is 2.55 bits per heavy atom. The van der Waals surface area contributed by atoms with Crippen molar-refractivity contribution in [2.75, 3.05) is 12.3 Å². The third-order valence-electron chi connectivity index (χ3n) is 1.09. The van der Waals surface area contributed by atoms with Gasteiger partial charge in [0.15, 0.2) is 5.95 Å². The zero-order valence-electron chi connectivity index (χ0n) is 6.13. The van der Waals surface area contributed by atoms with Crippen LogP contribution in [0.2, 0.25) is 0 Å². The van der Waals surface area contributed by atoms with Crippen molar-refractivity contribution in [3.63, 3.8) is 0 Å². The number of nitrogens with zero attached hydrogens (tertiary/aromatic N) is 1. The van der Waals surface area contributed by atoms with E-state index in [9.17, 15) is 4.79 Å². The highest BCUT2D eigenvalue weighted by molar-refractivity contribution is 5.21. The summed E-state index contributed by atoms with van der Waals surface area (Å²) < 4.78 is 4.93. The van der Waals surface area contributed by atoms with Crippen LogP contribution in [0.3, 0.4) is 0 Å². The lowest BCUT2D eigenvalue weighted by Crippen LogP contribution is -2.13. The van der Waals surface area contributed by atoms with Gasteiger partial charge in [-0.25, -0.2) is 4.98 Å². The molecular weight excluding hydrogens is 146 g/mol. The zero-order chi connectivity index (χ0) is 8.27. The third-order valence-corrected chi connectivity index (χ3v) is 1.09. The molecule has 3 N–H and O–H groups in total. The van der Waals surface area contributed by atoms with E-state index in [1.807, 2.05) is 0 Å². The molecular formula is C6H9N3O2. The fourth-order valence-electron chi connectivity index (χ4n) is 0.655. The number of nitrogens with one attached hydrogen (secondary N) is 1. The molecule has 1 aromatic heterocycles. The first-order chi connectivity index (χ1) is 5.24. The van der Waals surface area contributed by atoms with Crippen molar-refractivity contribution in [1.82, 2.24) is 9.97 Å². The van der Waals surface area contributed by atoms with Crippen molar-refractivity contribution in [2.45, 2.75) is 6.92 Å². The van der Waals surface area contributed by atoms with E-state index in [2.05, 4.69) is 9.97 Å². The van der Waals surface area contributed by atoms with Crippen molar-refractivity contribution < 1.29 is 4.74 Å². The number of rotatable bonds is 2. The molecule has 0 spiro atoms. The Balaban J connectivity index is 3.00. The van der Waals surface area contributed by atoms with Crippen molar-refractivity contribution >= 4 is 5.95 Å². The molecule has 60 valence electrons. The molecule has 0 aliphatic rings. The van der Waals surface area contributed by atoms with Crippen LogP contribution in [-0.2, 0) is 0 Å². The number of H-pyrrole nitrogens is 1. The number of nitrogen functional groups attached to an aromatic ring is 1. The molecule has 0 atom stereocenters. The summed E-state index contributed by atoms with van der Waals surface area (Å²) in [7, 11) is 0. The maximum absolute atomic E-state index is 10.9. The smallest absolute Gasteiger partial charge is 0.294 e. The second-order valence-corrected chi connectivity index (χ2v) is 1.89. The highest BCUT2D eigenvalue weighted by atomic mass is 16.5. The molecule has 1 aromatic rings. The van der Waals surface area contributed by atoms with Crippen molar-refractivity contribution in [3.8, 4) is 5.75 Å². The normalized spacial score (nSPS) is 9.55. The quantitative estimate of drug-likeness (QED) is 0.617. The summed E-state index contributed by atoms with van der Waals surface area (Å²) in [5.41, 5.74) is 4.85. The van der Waals surface area contributed by atoms with Crippen LogP contribution < -0.4 is 16.0 Å². The Labute approximate surface area is 63.2 Å². The van der Waals surface area contributed by atoms with Gasteiger partial charge in [-0.2, -0.15) is 0 Å². The van der Waals surface area contributed by atoms with Gasteiger partial charge >= 0.3 is 0 Å². The number of hydrogen-bond acceptors (Lipinski definition) is 4. The lowest BCUT2D eigenvalue weighted by atomic mass is 10.6. The van der Waals surface area contributed by atoms with Crippen molar-refractivity contribution in [2.24, 2.45) is 0 Å². The molecule has 0 fully saturated rings. The maximum Gasteiger partial charge on any atom is 0.294 e. The van der Waals surface area contributed by atoms with Gasteiger partial charge in [0, 0.05) is 0 Å². The van der Waals surface area contributed by atoms with Crippen LogP contribution in [0.5, 0.6) is 5.75 Å². The van der Waals surface area contributed by atoms with Gasteiger partial charge in [0.1, 0.15) is 0 Å². The topological polar surface area (TPSA) is 81.0 Å². The van der Waals surface area contributed by atoms with E-state index >= 15 is 0 Å². The van der Waals surface area contributed by atoms with Gasteiger partial charge in [-0.3, -0.25) is 9.78 Å². The molecule has 0 amide bonds. The molecule has 0 aromatic carbocycles. The van der Waals surface area contributed by atoms with Gasteiger partial charge in [-0.05, 0) is 6.92 Å².